The number of aryl methyl sites for hydroxylation is 1. The predicted octanol–water partition coefficient (Wildman–Crippen LogP) is 2.80. The van der Waals surface area contributed by atoms with Crippen molar-refractivity contribution in [1.82, 2.24) is 15.1 Å². The number of amides is 2. The molecule has 0 spiro atoms. The maximum Gasteiger partial charge on any atom is 0.234 e. The van der Waals surface area contributed by atoms with Crippen LogP contribution in [-0.2, 0) is 22.4 Å². The van der Waals surface area contributed by atoms with Crippen LogP contribution in [0, 0.1) is 11.6 Å². The standard InChI is InChI=1S/C25H31F2N3O3/c1-33-20-9-6-19(7-10-20)8-11-25(32)30-15-3-14-29(16-17-30)18-24(31)28-13-12-21-22(26)4-2-5-23(21)27/h2,4-7,9-10H,3,8,11-18H2,1H3,(H,28,31). The van der Waals surface area contributed by atoms with Crippen molar-refractivity contribution in [3.8, 4) is 5.75 Å². The van der Waals surface area contributed by atoms with Crippen molar-refractivity contribution < 1.29 is 23.1 Å². The Bertz CT molecular complexity index is 917. The van der Waals surface area contributed by atoms with Gasteiger partial charge >= 0.3 is 0 Å². The molecule has 0 bridgehead atoms. The summed E-state index contributed by atoms with van der Waals surface area (Å²) >= 11 is 0. The second-order valence-corrected chi connectivity index (χ2v) is 8.16. The summed E-state index contributed by atoms with van der Waals surface area (Å²) in [6.45, 7) is 2.96. The lowest BCUT2D eigenvalue weighted by Crippen LogP contribution is -2.40. The van der Waals surface area contributed by atoms with Gasteiger partial charge in [0.15, 0.2) is 0 Å². The van der Waals surface area contributed by atoms with Crippen LogP contribution in [0.15, 0.2) is 42.5 Å². The van der Waals surface area contributed by atoms with Crippen LogP contribution in [0.5, 0.6) is 5.75 Å². The van der Waals surface area contributed by atoms with E-state index < -0.39 is 11.6 Å². The zero-order valence-corrected chi connectivity index (χ0v) is 19.0. The molecule has 1 aliphatic heterocycles. The molecule has 2 aromatic rings. The minimum Gasteiger partial charge on any atom is -0.497 e. The quantitative estimate of drug-likeness (QED) is 0.627. The van der Waals surface area contributed by atoms with Crippen LogP contribution in [0.3, 0.4) is 0 Å². The summed E-state index contributed by atoms with van der Waals surface area (Å²) < 4.78 is 32.5. The van der Waals surface area contributed by atoms with Gasteiger partial charge in [-0.05, 0) is 49.1 Å². The Morgan fingerprint density at radius 1 is 0.970 bits per heavy atom. The van der Waals surface area contributed by atoms with E-state index in [4.69, 9.17) is 4.74 Å². The van der Waals surface area contributed by atoms with Crippen LogP contribution in [0.4, 0.5) is 8.78 Å². The molecule has 2 aromatic carbocycles. The van der Waals surface area contributed by atoms with Gasteiger partial charge in [-0.15, -0.1) is 0 Å². The van der Waals surface area contributed by atoms with E-state index >= 15 is 0 Å². The highest BCUT2D eigenvalue weighted by molar-refractivity contribution is 5.78. The first-order valence-electron chi connectivity index (χ1n) is 11.3. The number of nitrogens with zero attached hydrogens (tertiary/aromatic N) is 2. The van der Waals surface area contributed by atoms with E-state index in [-0.39, 0.29) is 36.9 Å². The van der Waals surface area contributed by atoms with E-state index in [1.54, 1.807) is 7.11 Å². The fourth-order valence-corrected chi connectivity index (χ4v) is 3.94. The van der Waals surface area contributed by atoms with E-state index in [2.05, 4.69) is 5.32 Å². The van der Waals surface area contributed by atoms with Gasteiger partial charge in [0.05, 0.1) is 13.7 Å². The van der Waals surface area contributed by atoms with E-state index in [1.807, 2.05) is 34.1 Å². The van der Waals surface area contributed by atoms with E-state index in [1.165, 1.54) is 18.2 Å². The molecule has 8 heteroatoms. The van der Waals surface area contributed by atoms with Gasteiger partial charge < -0.3 is 15.0 Å². The second kappa shape index (κ2) is 12.3. The zero-order chi connectivity index (χ0) is 23.6. The molecular weight excluding hydrogens is 428 g/mol. The van der Waals surface area contributed by atoms with Gasteiger partial charge in [-0.1, -0.05) is 18.2 Å². The minimum atomic E-state index is -0.603. The van der Waals surface area contributed by atoms with Crippen molar-refractivity contribution in [2.75, 3.05) is 46.4 Å². The van der Waals surface area contributed by atoms with Crippen molar-refractivity contribution in [2.24, 2.45) is 0 Å². The average molecular weight is 460 g/mol. The molecule has 1 N–H and O–H groups in total. The maximum absolute atomic E-state index is 13.7. The molecular formula is C25H31F2N3O3. The van der Waals surface area contributed by atoms with Crippen LogP contribution < -0.4 is 10.1 Å². The number of nitrogens with one attached hydrogen (secondary N) is 1. The molecule has 6 nitrogen and oxygen atoms in total. The van der Waals surface area contributed by atoms with Crippen molar-refractivity contribution >= 4 is 11.8 Å². The predicted molar refractivity (Wildman–Crippen MR) is 122 cm³/mol. The molecule has 0 aromatic heterocycles. The molecule has 0 radical (unpaired) electrons. The molecule has 0 unspecified atom stereocenters. The molecule has 33 heavy (non-hydrogen) atoms. The molecule has 0 aliphatic carbocycles. The third-order valence-electron chi connectivity index (χ3n) is 5.85. The van der Waals surface area contributed by atoms with Crippen LogP contribution in [0.1, 0.15) is 24.0 Å². The lowest BCUT2D eigenvalue weighted by atomic mass is 10.1. The molecule has 2 amide bonds. The molecule has 1 aliphatic rings. The highest BCUT2D eigenvalue weighted by atomic mass is 19.1. The van der Waals surface area contributed by atoms with Crippen molar-refractivity contribution in [3.05, 3.63) is 65.2 Å². The Morgan fingerprint density at radius 2 is 1.70 bits per heavy atom. The van der Waals surface area contributed by atoms with E-state index in [9.17, 15) is 18.4 Å². The van der Waals surface area contributed by atoms with Gasteiger partial charge in [0.25, 0.3) is 0 Å². The summed E-state index contributed by atoms with van der Waals surface area (Å²) in [4.78, 5) is 28.8. The summed E-state index contributed by atoms with van der Waals surface area (Å²) in [5.74, 6) is -0.488. The number of hydrogen-bond acceptors (Lipinski definition) is 4. The summed E-state index contributed by atoms with van der Waals surface area (Å²) in [7, 11) is 1.62. The topological polar surface area (TPSA) is 61.9 Å². The highest BCUT2D eigenvalue weighted by Gasteiger charge is 2.20. The molecule has 3 rings (SSSR count). The Hall–Kier alpha value is -3.00. The Labute approximate surface area is 193 Å². The largest absolute Gasteiger partial charge is 0.497 e. The first-order valence-corrected chi connectivity index (χ1v) is 11.3. The Balaban J connectivity index is 1.38. The van der Waals surface area contributed by atoms with Crippen molar-refractivity contribution in [3.63, 3.8) is 0 Å². The second-order valence-electron chi connectivity index (χ2n) is 8.16. The zero-order valence-electron chi connectivity index (χ0n) is 19.0. The van der Waals surface area contributed by atoms with Gasteiger partial charge in [0, 0.05) is 44.7 Å². The molecule has 178 valence electrons. The van der Waals surface area contributed by atoms with Crippen molar-refractivity contribution in [1.29, 1.82) is 0 Å². The highest BCUT2D eigenvalue weighted by Crippen LogP contribution is 2.14. The number of hydrogen-bond donors (Lipinski definition) is 1. The summed E-state index contributed by atoms with van der Waals surface area (Å²) in [5.41, 5.74) is 1.07. The van der Waals surface area contributed by atoms with Gasteiger partial charge in [-0.3, -0.25) is 14.5 Å². The Morgan fingerprint density at radius 3 is 2.39 bits per heavy atom. The van der Waals surface area contributed by atoms with Gasteiger partial charge in [-0.2, -0.15) is 0 Å². The summed E-state index contributed by atoms with van der Waals surface area (Å²) in [5, 5.41) is 2.73. The minimum absolute atomic E-state index is 0.0173. The monoisotopic (exact) mass is 459 g/mol. The van der Waals surface area contributed by atoms with E-state index in [0.717, 1.165) is 24.3 Å². The number of methoxy groups -OCH3 is 1. The lowest BCUT2D eigenvalue weighted by Gasteiger charge is -2.22. The maximum atomic E-state index is 13.7. The smallest absolute Gasteiger partial charge is 0.234 e. The fraction of sp³-hybridized carbons (Fsp3) is 0.440. The normalized spacial score (nSPS) is 14.6. The third-order valence-corrected chi connectivity index (χ3v) is 5.85. The SMILES string of the molecule is COc1ccc(CCC(=O)N2CCCN(CC(=O)NCCc3c(F)cccc3F)CC2)cc1. The number of halogens is 2. The molecule has 1 saturated heterocycles. The number of rotatable bonds is 9. The summed E-state index contributed by atoms with van der Waals surface area (Å²) in [6.07, 6.45) is 2.01. The summed E-state index contributed by atoms with van der Waals surface area (Å²) in [6, 6.07) is 11.5. The number of carbonyl (C=O) groups excluding carboxylic acids is 2. The van der Waals surface area contributed by atoms with Gasteiger partial charge in [-0.25, -0.2) is 8.78 Å². The number of carbonyl (C=O) groups is 2. The first kappa shape index (κ1) is 24.6. The van der Waals surface area contributed by atoms with Crippen LogP contribution in [-0.4, -0.2) is 68.0 Å². The van der Waals surface area contributed by atoms with Crippen LogP contribution in [0.2, 0.25) is 0 Å². The number of benzene rings is 2. The average Bonchev–Trinajstić information content (AvgIpc) is 3.05. The van der Waals surface area contributed by atoms with Gasteiger partial charge in [0.2, 0.25) is 11.8 Å². The van der Waals surface area contributed by atoms with Crippen LogP contribution >= 0.6 is 0 Å². The molecule has 0 atom stereocenters. The van der Waals surface area contributed by atoms with E-state index in [0.29, 0.717) is 32.5 Å². The molecule has 1 heterocycles. The fourth-order valence-electron chi connectivity index (χ4n) is 3.94. The molecule has 0 saturated carbocycles. The Kier molecular flexibility index (Phi) is 9.18. The third kappa shape index (κ3) is 7.53. The van der Waals surface area contributed by atoms with Gasteiger partial charge in [0.1, 0.15) is 17.4 Å². The lowest BCUT2D eigenvalue weighted by molar-refractivity contribution is -0.131. The number of ether oxygens (including phenoxy) is 1. The van der Waals surface area contributed by atoms with Crippen LogP contribution in [0.25, 0.3) is 0 Å². The van der Waals surface area contributed by atoms with Crippen molar-refractivity contribution in [2.45, 2.75) is 25.7 Å². The molecule has 1 fully saturated rings. The first-order chi connectivity index (χ1) is 16.0.